The number of hydrogen-bond acceptors (Lipinski definition) is 3. The van der Waals surface area contributed by atoms with E-state index in [0.29, 0.717) is 5.69 Å². The summed E-state index contributed by atoms with van der Waals surface area (Å²) in [6.07, 6.45) is 1.61. The van der Waals surface area contributed by atoms with Crippen LogP contribution < -0.4 is 0 Å². The van der Waals surface area contributed by atoms with Crippen molar-refractivity contribution in [2.45, 2.75) is 13.0 Å². The summed E-state index contributed by atoms with van der Waals surface area (Å²) in [6, 6.07) is -0.638. The average Bonchev–Trinajstić information content (AvgIpc) is 2.35. The van der Waals surface area contributed by atoms with Crippen LogP contribution in [0, 0.1) is 6.92 Å². The quantitative estimate of drug-likeness (QED) is 0.762. The Balaban J connectivity index is 3.12. The van der Waals surface area contributed by atoms with E-state index in [4.69, 9.17) is 5.11 Å². The molecule has 78 valence electrons. The summed E-state index contributed by atoms with van der Waals surface area (Å²) in [5.74, 6) is -0.0499. The second-order valence-corrected chi connectivity index (χ2v) is 3.49. The average molecular weight is 197 g/mol. The molecule has 1 heterocycles. The van der Waals surface area contributed by atoms with Gasteiger partial charge >= 0.3 is 5.97 Å². The molecule has 0 amide bonds. The van der Waals surface area contributed by atoms with Crippen LogP contribution in [0.15, 0.2) is 6.20 Å². The van der Waals surface area contributed by atoms with Crippen molar-refractivity contribution < 1.29 is 9.90 Å². The first-order chi connectivity index (χ1) is 6.45. The number of likely N-dealkylation sites (N-methyl/N-ethyl adjacent to an activating group) is 1. The van der Waals surface area contributed by atoms with Crippen molar-refractivity contribution in [3.05, 3.63) is 17.7 Å². The monoisotopic (exact) mass is 197 g/mol. The minimum absolute atomic E-state index is 0.638. The zero-order chi connectivity index (χ0) is 10.9. The van der Waals surface area contributed by atoms with Crippen molar-refractivity contribution in [1.82, 2.24) is 14.5 Å². The second kappa shape index (κ2) is 3.79. The van der Waals surface area contributed by atoms with Gasteiger partial charge in [0.05, 0.1) is 11.9 Å². The minimum Gasteiger partial charge on any atom is -0.480 e. The van der Waals surface area contributed by atoms with Crippen LogP contribution in [0.1, 0.15) is 17.6 Å². The van der Waals surface area contributed by atoms with Crippen LogP contribution in [0.2, 0.25) is 0 Å². The maximum absolute atomic E-state index is 11.0. The highest BCUT2D eigenvalue weighted by molar-refractivity contribution is 5.74. The fraction of sp³-hybridized carbons (Fsp3) is 0.556. The smallest absolute Gasteiger partial charge is 0.327 e. The number of imidazole rings is 1. The molecule has 14 heavy (non-hydrogen) atoms. The zero-order valence-corrected chi connectivity index (χ0v) is 8.85. The fourth-order valence-electron chi connectivity index (χ4n) is 1.39. The van der Waals surface area contributed by atoms with Crippen LogP contribution in [0.4, 0.5) is 0 Å². The van der Waals surface area contributed by atoms with E-state index in [0.717, 1.165) is 5.82 Å². The molecule has 0 spiro atoms. The Bertz CT molecular complexity index is 344. The molecule has 1 aromatic rings. The van der Waals surface area contributed by atoms with Crippen molar-refractivity contribution >= 4 is 5.97 Å². The number of aryl methyl sites for hydroxylation is 1. The van der Waals surface area contributed by atoms with Crippen molar-refractivity contribution in [2.24, 2.45) is 7.05 Å². The standard InChI is InChI=1S/C9H15N3O2/c1-6-10-5-7(12(6)4)8(9(13)14)11(2)3/h5,8H,1-4H3,(H,13,14). The molecule has 1 rings (SSSR count). The zero-order valence-electron chi connectivity index (χ0n) is 8.85. The van der Waals surface area contributed by atoms with E-state index >= 15 is 0 Å². The van der Waals surface area contributed by atoms with Gasteiger partial charge < -0.3 is 9.67 Å². The summed E-state index contributed by atoms with van der Waals surface area (Å²) in [5, 5.41) is 9.05. The van der Waals surface area contributed by atoms with Gasteiger partial charge in [-0.25, -0.2) is 4.98 Å². The van der Waals surface area contributed by atoms with Crippen LogP contribution >= 0.6 is 0 Å². The first-order valence-corrected chi connectivity index (χ1v) is 4.32. The lowest BCUT2D eigenvalue weighted by molar-refractivity contribution is -0.142. The summed E-state index contributed by atoms with van der Waals surface area (Å²) in [7, 11) is 5.29. The summed E-state index contributed by atoms with van der Waals surface area (Å²) in [6.45, 7) is 1.85. The van der Waals surface area contributed by atoms with Gasteiger partial charge in [0.25, 0.3) is 0 Å². The molecule has 0 fully saturated rings. The van der Waals surface area contributed by atoms with Gasteiger partial charge in [0.1, 0.15) is 11.9 Å². The highest BCUT2D eigenvalue weighted by atomic mass is 16.4. The Morgan fingerprint density at radius 3 is 2.50 bits per heavy atom. The number of carboxylic acids is 1. The molecule has 0 aliphatic rings. The molecule has 0 saturated carbocycles. The van der Waals surface area contributed by atoms with Crippen molar-refractivity contribution in [2.75, 3.05) is 14.1 Å². The Labute approximate surface area is 83.0 Å². The molecule has 1 aromatic heterocycles. The Hall–Kier alpha value is -1.36. The van der Waals surface area contributed by atoms with Gasteiger partial charge in [0, 0.05) is 7.05 Å². The Morgan fingerprint density at radius 2 is 2.21 bits per heavy atom. The van der Waals surface area contributed by atoms with E-state index in [9.17, 15) is 4.79 Å². The third kappa shape index (κ3) is 1.77. The summed E-state index contributed by atoms with van der Waals surface area (Å²) in [4.78, 5) is 16.7. The summed E-state index contributed by atoms with van der Waals surface area (Å²) < 4.78 is 1.79. The second-order valence-electron chi connectivity index (χ2n) is 3.49. The number of nitrogens with zero attached hydrogens (tertiary/aromatic N) is 3. The van der Waals surface area contributed by atoms with Gasteiger partial charge in [-0.1, -0.05) is 0 Å². The van der Waals surface area contributed by atoms with Crippen LogP contribution in [0.3, 0.4) is 0 Å². The SMILES string of the molecule is Cc1ncc(C(C(=O)O)N(C)C)n1C. The predicted octanol–water partition coefficient (Wildman–Crippen LogP) is 0.416. The molecule has 0 bridgehead atoms. The lowest BCUT2D eigenvalue weighted by Gasteiger charge is -2.20. The number of rotatable bonds is 3. The third-order valence-corrected chi connectivity index (χ3v) is 2.29. The number of carbonyl (C=O) groups is 1. The van der Waals surface area contributed by atoms with Crippen LogP contribution in [0.5, 0.6) is 0 Å². The molecule has 1 N–H and O–H groups in total. The number of carboxylic acid groups (broad SMARTS) is 1. The fourth-order valence-corrected chi connectivity index (χ4v) is 1.39. The number of aromatic nitrogens is 2. The Morgan fingerprint density at radius 1 is 1.64 bits per heavy atom. The van der Waals surface area contributed by atoms with Gasteiger partial charge in [0.15, 0.2) is 0 Å². The Kier molecular flexibility index (Phi) is 2.90. The molecule has 1 atom stereocenters. The molecule has 0 saturated heterocycles. The largest absolute Gasteiger partial charge is 0.480 e. The number of aliphatic carboxylic acids is 1. The van der Waals surface area contributed by atoms with Crippen LogP contribution in [0.25, 0.3) is 0 Å². The lowest BCUT2D eigenvalue weighted by Crippen LogP contribution is -2.29. The highest BCUT2D eigenvalue weighted by Crippen LogP contribution is 2.18. The molecule has 5 heteroatoms. The van der Waals surface area contributed by atoms with Crippen molar-refractivity contribution in [3.8, 4) is 0 Å². The third-order valence-electron chi connectivity index (χ3n) is 2.29. The van der Waals surface area contributed by atoms with Gasteiger partial charge in [-0.15, -0.1) is 0 Å². The first-order valence-electron chi connectivity index (χ1n) is 4.32. The normalized spacial score (nSPS) is 13.2. The first kappa shape index (κ1) is 10.7. The predicted molar refractivity (Wildman–Crippen MR) is 52.0 cm³/mol. The van der Waals surface area contributed by atoms with Crippen LogP contribution in [-0.2, 0) is 11.8 Å². The van der Waals surface area contributed by atoms with Gasteiger partial charge in [-0.2, -0.15) is 0 Å². The number of hydrogen-bond donors (Lipinski definition) is 1. The molecule has 0 aliphatic heterocycles. The van der Waals surface area contributed by atoms with Gasteiger partial charge in [-0.05, 0) is 21.0 Å². The molecule has 5 nitrogen and oxygen atoms in total. The summed E-state index contributed by atoms with van der Waals surface area (Å²) in [5.41, 5.74) is 0.694. The van der Waals surface area contributed by atoms with E-state index in [-0.39, 0.29) is 0 Å². The van der Waals surface area contributed by atoms with Crippen molar-refractivity contribution in [3.63, 3.8) is 0 Å². The maximum atomic E-state index is 11.0. The molecular weight excluding hydrogens is 182 g/mol. The topological polar surface area (TPSA) is 58.4 Å². The molecule has 0 aromatic carbocycles. The summed E-state index contributed by atoms with van der Waals surface area (Å²) >= 11 is 0. The van der Waals surface area contributed by atoms with E-state index in [2.05, 4.69) is 4.98 Å². The molecular formula is C9H15N3O2. The maximum Gasteiger partial charge on any atom is 0.327 e. The van der Waals surface area contributed by atoms with E-state index in [1.54, 1.807) is 29.8 Å². The van der Waals surface area contributed by atoms with Gasteiger partial charge in [-0.3, -0.25) is 9.69 Å². The van der Waals surface area contributed by atoms with E-state index in [1.807, 2.05) is 14.0 Å². The van der Waals surface area contributed by atoms with E-state index < -0.39 is 12.0 Å². The van der Waals surface area contributed by atoms with Gasteiger partial charge in [0.2, 0.25) is 0 Å². The van der Waals surface area contributed by atoms with Crippen molar-refractivity contribution in [1.29, 1.82) is 0 Å². The lowest BCUT2D eigenvalue weighted by atomic mass is 10.2. The van der Waals surface area contributed by atoms with Crippen LogP contribution in [-0.4, -0.2) is 39.6 Å². The molecule has 0 aliphatic carbocycles. The van der Waals surface area contributed by atoms with E-state index in [1.165, 1.54) is 0 Å². The molecule has 0 radical (unpaired) electrons. The molecule has 1 unspecified atom stereocenters. The minimum atomic E-state index is -0.863. The highest BCUT2D eigenvalue weighted by Gasteiger charge is 2.25.